The summed E-state index contributed by atoms with van der Waals surface area (Å²) in [6.45, 7) is 3.77. The van der Waals surface area contributed by atoms with Crippen molar-refractivity contribution in [1.29, 1.82) is 0 Å². The molecule has 98 valence electrons. The lowest BCUT2D eigenvalue weighted by atomic mass is 10.2. The molecule has 1 amide bonds. The van der Waals surface area contributed by atoms with Gasteiger partial charge in [0.05, 0.1) is 10.9 Å². The number of benzene rings is 1. The van der Waals surface area contributed by atoms with Crippen LogP contribution in [0.25, 0.3) is 10.9 Å². The molecule has 2 rings (SSSR count). The van der Waals surface area contributed by atoms with Gasteiger partial charge in [0.15, 0.2) is 5.69 Å². The molecule has 0 aliphatic heterocycles. The molecular weight excluding hydrogens is 266 g/mol. The van der Waals surface area contributed by atoms with Gasteiger partial charge < -0.3 is 5.32 Å². The van der Waals surface area contributed by atoms with E-state index in [0.717, 1.165) is 0 Å². The Bertz CT molecular complexity index is 722. The summed E-state index contributed by atoms with van der Waals surface area (Å²) in [5.41, 5.74) is 0.0333. The molecule has 6 heteroatoms. The Balaban J connectivity index is 2.64. The van der Waals surface area contributed by atoms with E-state index < -0.39 is 11.3 Å². The molecule has 0 saturated carbocycles. The fraction of sp³-hybridized carbons (Fsp3) is 0.154. The third-order valence-electron chi connectivity index (χ3n) is 2.64. The van der Waals surface area contributed by atoms with Crippen LogP contribution in [-0.2, 0) is 7.05 Å². The van der Waals surface area contributed by atoms with E-state index in [9.17, 15) is 9.59 Å². The zero-order chi connectivity index (χ0) is 14.0. The molecule has 0 fully saturated rings. The maximum absolute atomic E-state index is 12.2. The SMILES string of the molecule is C=CCNC(=O)c1nn(C)c2ccc(Cl)cc2c1=O. The van der Waals surface area contributed by atoms with Gasteiger partial charge in [-0.15, -0.1) is 6.58 Å². The first-order valence-corrected chi connectivity index (χ1v) is 5.98. The highest BCUT2D eigenvalue weighted by Gasteiger charge is 2.15. The van der Waals surface area contributed by atoms with Crippen LogP contribution < -0.4 is 10.7 Å². The van der Waals surface area contributed by atoms with Crippen molar-refractivity contribution in [1.82, 2.24) is 15.1 Å². The monoisotopic (exact) mass is 277 g/mol. The summed E-state index contributed by atoms with van der Waals surface area (Å²) in [4.78, 5) is 24.1. The van der Waals surface area contributed by atoms with Crippen LogP contribution in [0.4, 0.5) is 0 Å². The number of carbonyl (C=O) groups excluding carboxylic acids is 1. The average Bonchev–Trinajstić information content (AvgIpc) is 2.40. The Morgan fingerprint density at radius 1 is 1.58 bits per heavy atom. The molecule has 0 saturated heterocycles. The van der Waals surface area contributed by atoms with Crippen LogP contribution >= 0.6 is 11.6 Å². The van der Waals surface area contributed by atoms with Crippen molar-refractivity contribution in [3.05, 3.63) is 51.8 Å². The molecule has 2 aromatic rings. The van der Waals surface area contributed by atoms with E-state index in [1.54, 1.807) is 19.2 Å². The number of fused-ring (bicyclic) bond motifs is 1. The Hall–Kier alpha value is -2.14. The second-order valence-corrected chi connectivity index (χ2v) is 4.40. The van der Waals surface area contributed by atoms with Crippen LogP contribution in [-0.4, -0.2) is 22.2 Å². The zero-order valence-electron chi connectivity index (χ0n) is 10.3. The number of hydrogen-bond acceptors (Lipinski definition) is 3. The Kier molecular flexibility index (Phi) is 3.66. The summed E-state index contributed by atoms with van der Waals surface area (Å²) in [7, 11) is 1.67. The molecule has 0 bridgehead atoms. The lowest BCUT2D eigenvalue weighted by molar-refractivity contribution is 0.0950. The minimum Gasteiger partial charge on any atom is -0.347 e. The van der Waals surface area contributed by atoms with Crippen molar-refractivity contribution in [3.8, 4) is 0 Å². The topological polar surface area (TPSA) is 64.0 Å². The van der Waals surface area contributed by atoms with Crippen molar-refractivity contribution >= 4 is 28.4 Å². The van der Waals surface area contributed by atoms with Gasteiger partial charge in [0.25, 0.3) is 5.91 Å². The third kappa shape index (κ3) is 2.51. The number of aromatic nitrogens is 2. The molecule has 0 unspecified atom stereocenters. The molecule has 0 aliphatic carbocycles. The van der Waals surface area contributed by atoms with Crippen LogP contribution in [0, 0.1) is 0 Å². The number of aryl methyl sites for hydroxylation is 1. The first-order valence-electron chi connectivity index (χ1n) is 5.60. The van der Waals surface area contributed by atoms with Gasteiger partial charge in [-0.3, -0.25) is 14.3 Å². The standard InChI is InChI=1S/C13H12ClN3O2/c1-3-6-15-13(19)11-12(18)9-7-8(14)4-5-10(9)17(2)16-11/h3-5,7H,1,6H2,2H3,(H,15,19). The molecule has 0 spiro atoms. The number of amides is 1. The van der Waals surface area contributed by atoms with Gasteiger partial charge in [-0.1, -0.05) is 17.7 Å². The largest absolute Gasteiger partial charge is 0.347 e. The van der Waals surface area contributed by atoms with Crippen LogP contribution in [0.1, 0.15) is 10.5 Å². The molecule has 1 heterocycles. The molecule has 19 heavy (non-hydrogen) atoms. The summed E-state index contributed by atoms with van der Waals surface area (Å²) in [5, 5.41) is 7.34. The normalized spacial score (nSPS) is 10.4. The van der Waals surface area contributed by atoms with E-state index >= 15 is 0 Å². The fourth-order valence-electron chi connectivity index (χ4n) is 1.75. The molecule has 0 radical (unpaired) electrons. The molecule has 5 nitrogen and oxygen atoms in total. The second kappa shape index (κ2) is 5.24. The van der Waals surface area contributed by atoms with E-state index in [-0.39, 0.29) is 12.2 Å². The number of nitrogens with one attached hydrogen (secondary N) is 1. The van der Waals surface area contributed by atoms with Crippen molar-refractivity contribution in [3.63, 3.8) is 0 Å². The van der Waals surface area contributed by atoms with Crippen molar-refractivity contribution in [2.75, 3.05) is 6.54 Å². The molecule has 1 aromatic heterocycles. The van der Waals surface area contributed by atoms with E-state index in [1.807, 2.05) is 0 Å². The summed E-state index contributed by atoms with van der Waals surface area (Å²) < 4.78 is 1.48. The predicted octanol–water partition coefficient (Wildman–Crippen LogP) is 1.50. The van der Waals surface area contributed by atoms with E-state index in [2.05, 4.69) is 17.0 Å². The Labute approximate surface area is 114 Å². The Morgan fingerprint density at radius 2 is 2.32 bits per heavy atom. The predicted molar refractivity (Wildman–Crippen MR) is 74.5 cm³/mol. The van der Waals surface area contributed by atoms with Gasteiger partial charge in [0.2, 0.25) is 5.43 Å². The number of carbonyl (C=O) groups is 1. The van der Waals surface area contributed by atoms with Crippen molar-refractivity contribution in [2.45, 2.75) is 0 Å². The highest BCUT2D eigenvalue weighted by Crippen LogP contribution is 2.15. The quantitative estimate of drug-likeness (QED) is 0.865. The van der Waals surface area contributed by atoms with Gasteiger partial charge in [0, 0.05) is 18.6 Å². The number of halogens is 1. The minimum absolute atomic E-state index is 0.154. The lowest BCUT2D eigenvalue weighted by Gasteiger charge is -2.07. The van der Waals surface area contributed by atoms with Crippen LogP contribution in [0.15, 0.2) is 35.6 Å². The molecule has 0 atom stereocenters. The summed E-state index contributed by atoms with van der Waals surface area (Å²) in [6, 6.07) is 4.89. The highest BCUT2D eigenvalue weighted by atomic mass is 35.5. The first-order chi connectivity index (χ1) is 9.04. The van der Waals surface area contributed by atoms with Crippen LogP contribution in [0.3, 0.4) is 0 Å². The average molecular weight is 278 g/mol. The smallest absolute Gasteiger partial charge is 0.276 e. The van der Waals surface area contributed by atoms with Crippen molar-refractivity contribution in [2.24, 2.45) is 7.05 Å². The minimum atomic E-state index is -0.526. The second-order valence-electron chi connectivity index (χ2n) is 3.96. The molecule has 1 N–H and O–H groups in total. The summed E-state index contributed by atoms with van der Waals surface area (Å²) in [5.74, 6) is -0.526. The molecule has 1 aromatic carbocycles. The number of nitrogens with zero attached hydrogens (tertiary/aromatic N) is 2. The van der Waals surface area contributed by atoms with E-state index in [4.69, 9.17) is 11.6 Å². The third-order valence-corrected chi connectivity index (χ3v) is 2.87. The van der Waals surface area contributed by atoms with Crippen LogP contribution in [0.5, 0.6) is 0 Å². The van der Waals surface area contributed by atoms with Gasteiger partial charge in [0.1, 0.15) is 0 Å². The summed E-state index contributed by atoms with van der Waals surface area (Å²) >= 11 is 5.88. The number of rotatable bonds is 3. The number of hydrogen-bond donors (Lipinski definition) is 1. The van der Waals surface area contributed by atoms with Crippen LogP contribution in [0.2, 0.25) is 5.02 Å². The Morgan fingerprint density at radius 3 is 3.00 bits per heavy atom. The highest BCUT2D eigenvalue weighted by molar-refractivity contribution is 6.31. The molecular formula is C13H12ClN3O2. The van der Waals surface area contributed by atoms with Gasteiger partial charge in [-0.25, -0.2) is 0 Å². The first kappa shape index (κ1) is 13.3. The maximum atomic E-state index is 12.2. The van der Waals surface area contributed by atoms with E-state index in [0.29, 0.717) is 15.9 Å². The van der Waals surface area contributed by atoms with Gasteiger partial charge in [-0.2, -0.15) is 5.10 Å². The zero-order valence-corrected chi connectivity index (χ0v) is 11.1. The fourth-order valence-corrected chi connectivity index (χ4v) is 1.92. The van der Waals surface area contributed by atoms with E-state index in [1.165, 1.54) is 16.8 Å². The molecule has 0 aliphatic rings. The summed E-state index contributed by atoms with van der Waals surface area (Å²) in [6.07, 6.45) is 1.53. The van der Waals surface area contributed by atoms with Crippen molar-refractivity contribution < 1.29 is 4.79 Å². The van der Waals surface area contributed by atoms with Gasteiger partial charge in [-0.05, 0) is 18.2 Å². The lowest BCUT2D eigenvalue weighted by Crippen LogP contribution is -2.31. The maximum Gasteiger partial charge on any atom is 0.276 e. The van der Waals surface area contributed by atoms with Gasteiger partial charge >= 0.3 is 0 Å².